The number of nitrogens with zero attached hydrogens (tertiary/aromatic N) is 3. The molecule has 0 atom stereocenters. The number of pyridine rings is 1. The first kappa shape index (κ1) is 30.5. The largest absolute Gasteiger partial charge is 0.309 e. The van der Waals surface area contributed by atoms with Crippen LogP contribution >= 0.6 is 22.7 Å². The normalized spacial score (nSPS) is 11.5. The van der Waals surface area contributed by atoms with E-state index in [-0.39, 0.29) is 0 Å². The van der Waals surface area contributed by atoms with Crippen molar-refractivity contribution in [1.82, 2.24) is 0 Å². The Morgan fingerprint density at radius 1 is 0.365 bits per heavy atom. The van der Waals surface area contributed by atoms with Crippen molar-refractivity contribution in [3.8, 4) is 11.1 Å². The van der Waals surface area contributed by atoms with E-state index in [0.717, 1.165) is 22.7 Å². The number of thiophene rings is 2. The average Bonchev–Trinajstić information content (AvgIpc) is 3.79. The van der Waals surface area contributed by atoms with E-state index in [2.05, 4.69) is 209 Å². The molecule has 3 aromatic heterocycles. The number of benzene rings is 7. The third-order valence-electron chi connectivity index (χ3n) is 9.74. The molecular weight excluding hydrogens is 671 g/mol. The van der Waals surface area contributed by atoms with Crippen LogP contribution in [0.3, 0.4) is 0 Å². The molecule has 0 N–H and O–H groups in total. The van der Waals surface area contributed by atoms with Gasteiger partial charge in [-0.2, -0.15) is 0 Å². The molecule has 10 rings (SSSR count). The van der Waals surface area contributed by atoms with Crippen LogP contribution in [0.15, 0.2) is 194 Å². The molecular formula is C47H32N3S2+. The molecule has 0 saturated heterocycles. The van der Waals surface area contributed by atoms with Crippen LogP contribution in [-0.4, -0.2) is 0 Å². The summed E-state index contributed by atoms with van der Waals surface area (Å²) < 4.78 is 6.17. The van der Waals surface area contributed by atoms with E-state index in [1.165, 1.54) is 57.3 Å². The summed E-state index contributed by atoms with van der Waals surface area (Å²) in [6.07, 6.45) is 2.16. The van der Waals surface area contributed by atoms with E-state index in [9.17, 15) is 0 Å². The Bertz CT molecular complexity index is 2640. The average molecular weight is 703 g/mol. The van der Waals surface area contributed by atoms with Gasteiger partial charge in [-0.15, -0.1) is 16.3 Å². The predicted molar refractivity (Wildman–Crippen MR) is 223 cm³/mol. The Balaban J connectivity index is 1.03. The van der Waals surface area contributed by atoms with Gasteiger partial charge in [0.25, 0.3) is 4.83 Å². The van der Waals surface area contributed by atoms with Crippen LogP contribution in [0.2, 0.25) is 0 Å². The monoisotopic (exact) mass is 702 g/mol. The highest BCUT2D eigenvalue weighted by Gasteiger charge is 2.25. The summed E-state index contributed by atoms with van der Waals surface area (Å²) in [7, 11) is 0. The second-order valence-corrected chi connectivity index (χ2v) is 14.9. The Morgan fingerprint density at radius 3 is 1.56 bits per heavy atom. The zero-order valence-electron chi connectivity index (χ0n) is 28.1. The van der Waals surface area contributed by atoms with E-state index in [1.54, 1.807) is 0 Å². The van der Waals surface area contributed by atoms with E-state index < -0.39 is 0 Å². The molecule has 0 unspecified atom stereocenters. The molecule has 0 aliphatic heterocycles. The van der Waals surface area contributed by atoms with Gasteiger partial charge in [-0.05, 0) is 83.9 Å². The Morgan fingerprint density at radius 2 is 0.865 bits per heavy atom. The number of aromatic nitrogens is 1. The van der Waals surface area contributed by atoms with Gasteiger partial charge < -0.3 is 4.90 Å². The molecule has 0 spiro atoms. The molecule has 5 heteroatoms. The number of hydrogen-bond donors (Lipinski definition) is 0. The molecule has 10 aromatic rings. The zero-order valence-corrected chi connectivity index (χ0v) is 29.8. The summed E-state index contributed by atoms with van der Waals surface area (Å²) in [5.74, 6) is 0. The Hall–Kier alpha value is -6.27. The van der Waals surface area contributed by atoms with Crippen molar-refractivity contribution in [2.75, 3.05) is 9.91 Å². The summed E-state index contributed by atoms with van der Waals surface area (Å²) in [4.78, 5) is 3.59. The quantitative estimate of drug-likeness (QED) is 0.153. The van der Waals surface area contributed by atoms with Gasteiger partial charge in [-0.25, -0.2) is 0 Å². The smallest absolute Gasteiger partial charge is 0.299 e. The Kier molecular flexibility index (Phi) is 7.52. The summed E-state index contributed by atoms with van der Waals surface area (Å²) >= 11 is 3.69. The lowest BCUT2D eigenvalue weighted by atomic mass is 10.0. The van der Waals surface area contributed by atoms with E-state index in [0.29, 0.717) is 0 Å². The van der Waals surface area contributed by atoms with Gasteiger partial charge in [0.2, 0.25) is 6.20 Å². The van der Waals surface area contributed by atoms with Gasteiger partial charge >= 0.3 is 0 Å². The second kappa shape index (κ2) is 12.8. The van der Waals surface area contributed by atoms with Gasteiger partial charge in [0, 0.05) is 43.0 Å². The molecule has 0 radical (unpaired) electrons. The maximum absolute atomic E-state index is 2.38. The highest BCUT2D eigenvalue weighted by molar-refractivity contribution is 7.26. The summed E-state index contributed by atoms with van der Waals surface area (Å²) in [5, 5.41) is 7.45. The van der Waals surface area contributed by atoms with Crippen molar-refractivity contribution in [2.45, 2.75) is 0 Å². The molecule has 246 valence electrons. The first-order chi connectivity index (χ1) is 25.8. The lowest BCUT2D eigenvalue weighted by Crippen LogP contribution is -2.51. The number of anilines is 5. The van der Waals surface area contributed by atoms with Crippen molar-refractivity contribution in [3.63, 3.8) is 0 Å². The number of para-hydroxylation sites is 2. The molecule has 3 heterocycles. The first-order valence-corrected chi connectivity index (χ1v) is 19.1. The highest BCUT2D eigenvalue weighted by atomic mass is 32.1. The van der Waals surface area contributed by atoms with Crippen LogP contribution in [0, 0.1) is 0 Å². The third-order valence-corrected chi connectivity index (χ3v) is 12.1. The van der Waals surface area contributed by atoms with Crippen molar-refractivity contribution in [1.29, 1.82) is 0 Å². The van der Waals surface area contributed by atoms with Gasteiger partial charge in [-0.1, -0.05) is 125 Å². The summed E-state index contributed by atoms with van der Waals surface area (Å²) in [6.45, 7) is 0. The van der Waals surface area contributed by atoms with Crippen molar-refractivity contribution >= 4 is 91.6 Å². The predicted octanol–water partition coefficient (Wildman–Crippen LogP) is 13.4. The fraction of sp³-hybridized carbons (Fsp3) is 0. The fourth-order valence-electron chi connectivity index (χ4n) is 7.31. The molecule has 0 fully saturated rings. The molecule has 3 nitrogen and oxygen atoms in total. The van der Waals surface area contributed by atoms with Crippen molar-refractivity contribution < 1.29 is 4.68 Å². The zero-order chi connectivity index (χ0) is 34.4. The minimum atomic E-state index is 1.09. The van der Waals surface area contributed by atoms with Gasteiger partial charge in [0.05, 0.1) is 15.8 Å². The van der Waals surface area contributed by atoms with Crippen LogP contribution in [0.1, 0.15) is 0 Å². The minimum absolute atomic E-state index is 1.09. The van der Waals surface area contributed by atoms with Crippen LogP contribution in [-0.2, 0) is 0 Å². The fourth-order valence-corrected chi connectivity index (χ4v) is 9.68. The molecule has 0 amide bonds. The van der Waals surface area contributed by atoms with Gasteiger partial charge in [0.15, 0.2) is 0 Å². The van der Waals surface area contributed by atoms with E-state index >= 15 is 0 Å². The second-order valence-electron chi connectivity index (χ2n) is 12.8. The van der Waals surface area contributed by atoms with E-state index in [4.69, 9.17) is 0 Å². The molecule has 0 bridgehead atoms. The summed E-state index contributed by atoms with van der Waals surface area (Å²) in [5.41, 5.74) is 7.99. The molecule has 0 saturated carbocycles. The Labute approximate surface area is 310 Å². The van der Waals surface area contributed by atoms with Crippen molar-refractivity contribution in [2.24, 2.45) is 0 Å². The highest BCUT2D eigenvalue weighted by Crippen LogP contribution is 2.45. The van der Waals surface area contributed by atoms with Gasteiger partial charge in [-0.3, -0.25) is 0 Å². The SMILES string of the molecule is c1ccc(N(c2ccc(-c3ccc(N(c4ccccc4)[n+]4cccc5c6ccccc6sc54)cc3)cc2)c2cccc3c2sc2ccccc23)cc1. The molecule has 0 aliphatic carbocycles. The third kappa shape index (κ3) is 5.22. The van der Waals surface area contributed by atoms with E-state index in [1.807, 2.05) is 22.7 Å². The van der Waals surface area contributed by atoms with Crippen LogP contribution in [0.4, 0.5) is 28.4 Å². The lowest BCUT2D eigenvalue weighted by Gasteiger charge is -2.26. The van der Waals surface area contributed by atoms with Crippen LogP contribution < -0.4 is 14.6 Å². The van der Waals surface area contributed by atoms with Crippen LogP contribution in [0.25, 0.3) is 51.6 Å². The van der Waals surface area contributed by atoms with Crippen LogP contribution in [0.5, 0.6) is 0 Å². The first-order valence-electron chi connectivity index (χ1n) is 17.4. The molecule has 0 aliphatic rings. The standard InChI is InChI=1S/C47H32N3S2/c1-3-13-35(14-4-1)49(43-21-11-19-41-39-17-7-9-22-44(39)51-46(41)43)36-28-24-33(25-29-36)34-26-30-38(31-27-34)50(37-15-5-2-6-16-37)48-32-12-20-42-40-18-8-10-23-45(40)52-47(42)48/h1-32H/q+1. The number of fused-ring (bicyclic) bond motifs is 6. The van der Waals surface area contributed by atoms with Crippen molar-refractivity contribution in [3.05, 3.63) is 194 Å². The molecule has 7 aromatic carbocycles. The maximum Gasteiger partial charge on any atom is 0.299 e. The molecule has 52 heavy (non-hydrogen) atoms. The number of hydrogen-bond acceptors (Lipinski definition) is 4. The lowest BCUT2D eigenvalue weighted by molar-refractivity contribution is -0.647. The maximum atomic E-state index is 2.38. The topological polar surface area (TPSA) is 10.4 Å². The van der Waals surface area contributed by atoms with Gasteiger partial charge in [0.1, 0.15) is 11.4 Å². The summed E-state index contributed by atoms with van der Waals surface area (Å²) in [6, 6.07) is 67.6. The minimum Gasteiger partial charge on any atom is -0.309 e. The number of rotatable bonds is 7.